The van der Waals surface area contributed by atoms with Crippen molar-refractivity contribution in [2.24, 2.45) is 11.3 Å². The molecule has 0 aliphatic rings. The molecular formula is C13H17BrF2. The first-order valence-electron chi connectivity index (χ1n) is 5.39. The van der Waals surface area contributed by atoms with Gasteiger partial charge in [-0.05, 0) is 29.9 Å². The van der Waals surface area contributed by atoms with Gasteiger partial charge in [-0.15, -0.1) is 0 Å². The molecule has 0 saturated carbocycles. The Kier molecular flexibility index (Phi) is 4.48. The van der Waals surface area contributed by atoms with Crippen molar-refractivity contribution in [3.63, 3.8) is 0 Å². The summed E-state index contributed by atoms with van der Waals surface area (Å²) in [4.78, 5) is 0. The quantitative estimate of drug-likeness (QED) is 0.713. The van der Waals surface area contributed by atoms with Crippen molar-refractivity contribution in [3.05, 3.63) is 35.4 Å². The lowest BCUT2D eigenvalue weighted by Gasteiger charge is -2.32. The van der Waals surface area contributed by atoms with E-state index in [0.717, 1.165) is 5.33 Å². The van der Waals surface area contributed by atoms with Crippen molar-refractivity contribution in [2.75, 3.05) is 5.33 Å². The zero-order chi connectivity index (χ0) is 12.3. The molecule has 1 rings (SSSR count). The Morgan fingerprint density at radius 2 is 1.75 bits per heavy atom. The molecule has 0 fully saturated rings. The molecule has 0 heterocycles. The Morgan fingerprint density at radius 3 is 2.12 bits per heavy atom. The van der Waals surface area contributed by atoms with E-state index < -0.39 is 11.6 Å². The molecule has 16 heavy (non-hydrogen) atoms. The fraction of sp³-hybridized carbons (Fsp3) is 0.538. The number of hydrogen-bond donors (Lipinski definition) is 0. The highest BCUT2D eigenvalue weighted by Gasteiger charge is 2.29. The Balaban J connectivity index is 3.03. The average molecular weight is 291 g/mol. The van der Waals surface area contributed by atoms with Crippen LogP contribution in [0.3, 0.4) is 0 Å². The molecule has 1 aromatic carbocycles. The second kappa shape index (κ2) is 5.26. The lowest BCUT2D eigenvalue weighted by molar-refractivity contribution is 0.251. The Bertz CT molecular complexity index is 343. The molecule has 0 bridgehead atoms. The van der Waals surface area contributed by atoms with Gasteiger partial charge >= 0.3 is 0 Å². The summed E-state index contributed by atoms with van der Waals surface area (Å²) in [5.41, 5.74) is 0.0569. The van der Waals surface area contributed by atoms with Crippen LogP contribution in [0.1, 0.15) is 26.3 Å². The molecule has 0 aliphatic heterocycles. The van der Waals surface area contributed by atoms with Crippen molar-refractivity contribution in [2.45, 2.75) is 27.2 Å². The van der Waals surface area contributed by atoms with E-state index in [4.69, 9.17) is 0 Å². The van der Waals surface area contributed by atoms with Gasteiger partial charge in [0.1, 0.15) is 11.6 Å². The average Bonchev–Trinajstić information content (AvgIpc) is 2.23. The second-order valence-corrected chi connectivity index (χ2v) is 5.38. The summed E-state index contributed by atoms with van der Waals surface area (Å²) in [7, 11) is 0. The summed E-state index contributed by atoms with van der Waals surface area (Å²) < 4.78 is 27.1. The Labute approximate surface area is 104 Å². The number of halogens is 3. The number of benzene rings is 1. The summed E-state index contributed by atoms with van der Waals surface area (Å²) >= 11 is 3.43. The third-order valence-electron chi connectivity index (χ3n) is 3.34. The molecule has 1 atom stereocenters. The van der Waals surface area contributed by atoms with Gasteiger partial charge in [-0.2, -0.15) is 0 Å². The standard InChI is InChI=1S/C13H17BrF2/c1-9(2)13(3,8-14)7-10-11(15)5-4-6-12(10)16/h4-6,9H,7-8H2,1-3H3. The van der Waals surface area contributed by atoms with Gasteiger partial charge in [0.05, 0.1) is 0 Å². The number of alkyl halides is 1. The van der Waals surface area contributed by atoms with E-state index in [1.54, 1.807) is 0 Å². The highest BCUT2D eigenvalue weighted by molar-refractivity contribution is 9.09. The first kappa shape index (κ1) is 13.6. The normalized spacial score (nSPS) is 15.2. The molecule has 0 saturated heterocycles. The van der Waals surface area contributed by atoms with Crippen LogP contribution in [0.25, 0.3) is 0 Å². The highest BCUT2D eigenvalue weighted by Crippen LogP contribution is 2.34. The van der Waals surface area contributed by atoms with Crippen LogP contribution in [0.15, 0.2) is 18.2 Å². The van der Waals surface area contributed by atoms with Gasteiger partial charge in [0.25, 0.3) is 0 Å². The first-order valence-corrected chi connectivity index (χ1v) is 6.51. The maximum atomic E-state index is 13.5. The van der Waals surface area contributed by atoms with E-state index in [-0.39, 0.29) is 11.0 Å². The van der Waals surface area contributed by atoms with Crippen LogP contribution in [0.5, 0.6) is 0 Å². The maximum absolute atomic E-state index is 13.5. The summed E-state index contributed by atoms with van der Waals surface area (Å²) in [6.07, 6.45) is 0.411. The summed E-state index contributed by atoms with van der Waals surface area (Å²) in [6.45, 7) is 6.18. The van der Waals surface area contributed by atoms with Crippen LogP contribution in [0.4, 0.5) is 8.78 Å². The van der Waals surface area contributed by atoms with Crippen LogP contribution in [-0.2, 0) is 6.42 Å². The molecule has 0 spiro atoms. The smallest absolute Gasteiger partial charge is 0.129 e. The molecule has 0 amide bonds. The molecule has 0 aliphatic carbocycles. The van der Waals surface area contributed by atoms with E-state index in [9.17, 15) is 8.78 Å². The van der Waals surface area contributed by atoms with Crippen LogP contribution in [-0.4, -0.2) is 5.33 Å². The van der Waals surface area contributed by atoms with Crippen molar-refractivity contribution < 1.29 is 8.78 Å². The Hall–Kier alpha value is -0.440. The van der Waals surface area contributed by atoms with E-state index in [1.165, 1.54) is 18.2 Å². The monoisotopic (exact) mass is 290 g/mol. The minimum absolute atomic E-state index is 0.136. The van der Waals surface area contributed by atoms with Crippen molar-refractivity contribution >= 4 is 15.9 Å². The number of rotatable bonds is 4. The fourth-order valence-electron chi connectivity index (χ4n) is 1.51. The predicted molar refractivity (Wildman–Crippen MR) is 66.8 cm³/mol. The van der Waals surface area contributed by atoms with E-state index in [0.29, 0.717) is 12.3 Å². The molecule has 3 heteroatoms. The minimum atomic E-state index is -0.451. The van der Waals surface area contributed by atoms with E-state index in [1.807, 2.05) is 6.92 Å². The summed E-state index contributed by atoms with van der Waals surface area (Å²) in [5, 5.41) is 0.728. The molecule has 0 aromatic heterocycles. The molecule has 0 radical (unpaired) electrons. The minimum Gasteiger partial charge on any atom is -0.207 e. The topological polar surface area (TPSA) is 0 Å². The summed E-state index contributed by atoms with van der Waals surface area (Å²) in [5.74, 6) is -0.550. The van der Waals surface area contributed by atoms with Crippen molar-refractivity contribution in [1.82, 2.24) is 0 Å². The zero-order valence-electron chi connectivity index (χ0n) is 9.86. The van der Waals surface area contributed by atoms with Crippen LogP contribution >= 0.6 is 15.9 Å². The lowest BCUT2D eigenvalue weighted by Crippen LogP contribution is -2.29. The second-order valence-electron chi connectivity index (χ2n) is 4.82. The lowest BCUT2D eigenvalue weighted by atomic mass is 9.76. The SMILES string of the molecule is CC(C)C(C)(CBr)Cc1c(F)cccc1F. The molecule has 0 N–H and O–H groups in total. The van der Waals surface area contributed by atoms with Gasteiger partial charge in [0.15, 0.2) is 0 Å². The third kappa shape index (κ3) is 2.82. The van der Waals surface area contributed by atoms with Gasteiger partial charge in [-0.1, -0.05) is 42.8 Å². The predicted octanol–water partition coefficient (Wildman–Crippen LogP) is 4.56. The third-order valence-corrected chi connectivity index (χ3v) is 4.62. The Morgan fingerprint density at radius 1 is 1.25 bits per heavy atom. The van der Waals surface area contributed by atoms with Crippen LogP contribution in [0, 0.1) is 23.0 Å². The molecule has 90 valence electrons. The van der Waals surface area contributed by atoms with Crippen molar-refractivity contribution in [3.8, 4) is 0 Å². The largest absolute Gasteiger partial charge is 0.207 e. The molecule has 0 nitrogen and oxygen atoms in total. The maximum Gasteiger partial charge on any atom is 0.129 e. The van der Waals surface area contributed by atoms with Gasteiger partial charge < -0.3 is 0 Å². The highest BCUT2D eigenvalue weighted by atomic mass is 79.9. The zero-order valence-corrected chi connectivity index (χ0v) is 11.4. The van der Waals surface area contributed by atoms with Gasteiger partial charge in [-0.3, -0.25) is 0 Å². The van der Waals surface area contributed by atoms with Gasteiger partial charge in [0.2, 0.25) is 0 Å². The van der Waals surface area contributed by atoms with Crippen molar-refractivity contribution in [1.29, 1.82) is 0 Å². The van der Waals surface area contributed by atoms with Gasteiger partial charge in [-0.25, -0.2) is 8.78 Å². The van der Waals surface area contributed by atoms with E-state index in [2.05, 4.69) is 29.8 Å². The fourth-order valence-corrected chi connectivity index (χ4v) is 2.36. The molecule has 1 aromatic rings. The van der Waals surface area contributed by atoms with Crippen LogP contribution in [0.2, 0.25) is 0 Å². The molecule has 1 unspecified atom stereocenters. The molecular weight excluding hydrogens is 274 g/mol. The first-order chi connectivity index (χ1) is 7.40. The van der Waals surface area contributed by atoms with Gasteiger partial charge in [0, 0.05) is 10.9 Å². The number of hydrogen-bond acceptors (Lipinski definition) is 0. The van der Waals surface area contributed by atoms with E-state index >= 15 is 0 Å². The summed E-state index contributed by atoms with van der Waals surface area (Å²) in [6, 6.07) is 4.02. The van der Waals surface area contributed by atoms with Crippen LogP contribution < -0.4 is 0 Å².